The monoisotopic (exact) mass is 375 g/mol. The minimum absolute atomic E-state index is 0.0574. The molecule has 0 bridgehead atoms. The summed E-state index contributed by atoms with van der Waals surface area (Å²) in [4.78, 5) is 50.3. The number of nitrogens with two attached hydrogens (primary N) is 1. The molecule has 0 saturated carbocycles. The van der Waals surface area contributed by atoms with Gasteiger partial charge in [-0.2, -0.15) is 0 Å². The van der Waals surface area contributed by atoms with Crippen molar-refractivity contribution in [3.8, 4) is 11.5 Å². The number of aromatic amines is 1. The second-order valence-corrected chi connectivity index (χ2v) is 5.74. The van der Waals surface area contributed by atoms with E-state index in [-0.39, 0.29) is 24.7 Å². The Hall–Kier alpha value is -3.56. The Morgan fingerprint density at radius 1 is 1.26 bits per heavy atom. The number of anilines is 1. The number of rotatable bonds is 6. The summed E-state index contributed by atoms with van der Waals surface area (Å²) in [7, 11) is 0. The van der Waals surface area contributed by atoms with Crippen LogP contribution in [0.3, 0.4) is 0 Å². The van der Waals surface area contributed by atoms with Crippen molar-refractivity contribution in [1.82, 2.24) is 9.55 Å². The Morgan fingerprint density at radius 3 is 2.74 bits per heavy atom. The topological polar surface area (TPSA) is 143 Å². The number of nitrogens with zero attached hydrogens (tertiary/aromatic N) is 1. The fraction of sp³-hybridized carbons (Fsp3) is 0.294. The van der Waals surface area contributed by atoms with Crippen LogP contribution in [0.15, 0.2) is 27.8 Å². The zero-order chi connectivity index (χ0) is 19.6. The molecule has 0 saturated heterocycles. The first-order valence-electron chi connectivity index (χ1n) is 8.15. The van der Waals surface area contributed by atoms with Crippen LogP contribution in [-0.4, -0.2) is 34.7 Å². The Labute approximate surface area is 152 Å². The van der Waals surface area contributed by atoms with E-state index in [4.69, 9.17) is 19.9 Å². The van der Waals surface area contributed by atoms with Crippen molar-refractivity contribution in [3.05, 3.63) is 50.2 Å². The smallest absolute Gasteiger partial charge is 0.338 e. The van der Waals surface area contributed by atoms with Crippen LogP contribution in [-0.2, 0) is 11.3 Å². The van der Waals surface area contributed by atoms with Crippen LogP contribution in [0, 0.1) is 0 Å². The molecule has 0 atom stereocenters. The molecular formula is C17H17N3O7. The maximum Gasteiger partial charge on any atom is 0.338 e. The van der Waals surface area contributed by atoms with Gasteiger partial charge in [-0.15, -0.1) is 0 Å². The number of fused-ring (bicyclic) bond motifs is 1. The molecule has 10 heteroatoms. The first-order chi connectivity index (χ1) is 12.9. The molecule has 27 heavy (non-hydrogen) atoms. The van der Waals surface area contributed by atoms with Crippen LogP contribution < -0.4 is 26.5 Å². The molecule has 3 rings (SSSR count). The quantitative estimate of drug-likeness (QED) is 0.542. The maximum atomic E-state index is 12.3. The van der Waals surface area contributed by atoms with Gasteiger partial charge in [-0.1, -0.05) is 6.92 Å². The van der Waals surface area contributed by atoms with Crippen molar-refractivity contribution in [3.63, 3.8) is 0 Å². The van der Waals surface area contributed by atoms with E-state index in [1.165, 1.54) is 12.1 Å². The number of benzene rings is 1. The van der Waals surface area contributed by atoms with Gasteiger partial charge in [-0.3, -0.25) is 19.1 Å². The molecule has 2 heterocycles. The molecule has 0 radical (unpaired) electrons. The van der Waals surface area contributed by atoms with Gasteiger partial charge in [0.2, 0.25) is 12.6 Å². The van der Waals surface area contributed by atoms with Gasteiger partial charge in [0.15, 0.2) is 18.1 Å². The minimum atomic E-state index is -0.922. The van der Waals surface area contributed by atoms with Gasteiger partial charge in [-0.25, -0.2) is 9.59 Å². The van der Waals surface area contributed by atoms with Crippen LogP contribution in [0.5, 0.6) is 11.5 Å². The molecule has 2 aromatic rings. The second kappa shape index (κ2) is 7.36. The van der Waals surface area contributed by atoms with E-state index in [1.807, 2.05) is 11.9 Å². The summed E-state index contributed by atoms with van der Waals surface area (Å²) in [6.45, 7) is 1.40. The Balaban J connectivity index is 1.76. The molecule has 0 unspecified atom stereocenters. The first-order valence-corrected chi connectivity index (χ1v) is 8.15. The van der Waals surface area contributed by atoms with Gasteiger partial charge in [0.25, 0.3) is 5.56 Å². The van der Waals surface area contributed by atoms with Crippen molar-refractivity contribution in [2.75, 3.05) is 19.1 Å². The van der Waals surface area contributed by atoms with Gasteiger partial charge in [0.05, 0.1) is 5.56 Å². The maximum absolute atomic E-state index is 12.3. The lowest BCUT2D eigenvalue weighted by molar-refractivity contribution is 0.0474. The van der Waals surface area contributed by atoms with Crippen molar-refractivity contribution >= 4 is 17.6 Å². The van der Waals surface area contributed by atoms with E-state index in [2.05, 4.69) is 0 Å². The van der Waals surface area contributed by atoms with Crippen LogP contribution in [0.25, 0.3) is 0 Å². The average molecular weight is 375 g/mol. The number of hydrogen-bond donors (Lipinski definition) is 2. The molecule has 1 aromatic carbocycles. The summed E-state index contributed by atoms with van der Waals surface area (Å²) in [5, 5.41) is 0. The molecule has 0 spiro atoms. The molecule has 0 fully saturated rings. The fourth-order valence-corrected chi connectivity index (χ4v) is 2.61. The van der Waals surface area contributed by atoms with Crippen LogP contribution >= 0.6 is 0 Å². The van der Waals surface area contributed by atoms with Crippen molar-refractivity contribution in [2.24, 2.45) is 0 Å². The largest absolute Gasteiger partial charge is 0.454 e. The predicted molar refractivity (Wildman–Crippen MR) is 93.2 cm³/mol. The van der Waals surface area contributed by atoms with E-state index in [9.17, 15) is 19.2 Å². The lowest BCUT2D eigenvalue weighted by Crippen LogP contribution is -2.37. The second-order valence-electron chi connectivity index (χ2n) is 5.74. The zero-order valence-corrected chi connectivity index (χ0v) is 14.4. The number of carbonyl (C=O) groups is 2. The number of Topliss-reactive ketones (excluding diaryl/α,β-unsaturated/α-hetero) is 1. The number of nitrogens with one attached hydrogen (secondary N) is 1. The molecule has 3 N–H and O–H groups in total. The third kappa shape index (κ3) is 3.54. The van der Waals surface area contributed by atoms with Crippen molar-refractivity contribution in [1.29, 1.82) is 0 Å². The highest BCUT2D eigenvalue weighted by molar-refractivity contribution is 6.02. The zero-order valence-electron chi connectivity index (χ0n) is 14.4. The Kier molecular flexibility index (Phi) is 4.97. The number of ketones is 1. The molecule has 142 valence electrons. The molecule has 10 nitrogen and oxygen atoms in total. The van der Waals surface area contributed by atoms with E-state index in [1.54, 1.807) is 6.07 Å². The molecule has 0 aliphatic carbocycles. The predicted octanol–water partition coefficient (Wildman–Crippen LogP) is 0.297. The third-order valence-corrected chi connectivity index (χ3v) is 3.91. The summed E-state index contributed by atoms with van der Waals surface area (Å²) in [5.74, 6) is -0.954. The summed E-state index contributed by atoms with van der Waals surface area (Å²) in [5.41, 5.74) is 3.92. The van der Waals surface area contributed by atoms with Gasteiger partial charge in [-0.05, 0) is 24.6 Å². The lowest BCUT2D eigenvalue weighted by Gasteiger charge is -2.11. The van der Waals surface area contributed by atoms with Crippen molar-refractivity contribution in [2.45, 2.75) is 19.9 Å². The lowest BCUT2D eigenvalue weighted by atomic mass is 10.2. The van der Waals surface area contributed by atoms with E-state index < -0.39 is 35.2 Å². The number of ether oxygens (including phenoxy) is 3. The van der Waals surface area contributed by atoms with E-state index in [0.717, 1.165) is 4.57 Å². The number of nitrogen functional groups attached to an aromatic ring is 1. The first kappa shape index (κ1) is 18.2. The fourth-order valence-electron chi connectivity index (χ4n) is 2.61. The Bertz CT molecular complexity index is 1020. The van der Waals surface area contributed by atoms with Crippen LogP contribution in [0.4, 0.5) is 5.82 Å². The average Bonchev–Trinajstić information content (AvgIpc) is 3.10. The summed E-state index contributed by atoms with van der Waals surface area (Å²) < 4.78 is 16.4. The SMILES string of the molecule is CCCn1c(N)c(C(=O)COC(=O)c2ccc3c(c2)OCO3)c(=O)[nH]c1=O. The normalized spacial score (nSPS) is 12.0. The summed E-state index contributed by atoms with van der Waals surface area (Å²) >= 11 is 0. The van der Waals surface area contributed by atoms with Crippen LogP contribution in [0.1, 0.15) is 34.1 Å². The highest BCUT2D eigenvalue weighted by Gasteiger charge is 2.22. The van der Waals surface area contributed by atoms with Crippen LogP contribution in [0.2, 0.25) is 0 Å². The minimum Gasteiger partial charge on any atom is -0.454 e. The number of carbonyl (C=O) groups excluding carboxylic acids is 2. The van der Waals surface area contributed by atoms with Gasteiger partial charge in [0.1, 0.15) is 11.4 Å². The van der Waals surface area contributed by atoms with E-state index in [0.29, 0.717) is 17.9 Å². The third-order valence-electron chi connectivity index (χ3n) is 3.91. The highest BCUT2D eigenvalue weighted by atomic mass is 16.7. The standard InChI is InChI=1S/C17H17N3O7/c1-2-5-20-14(18)13(15(22)19-17(20)24)10(21)7-25-16(23)9-3-4-11-12(6-9)27-8-26-11/h3-4,6H,2,5,7-8,18H2,1H3,(H,19,22,24). The number of H-pyrrole nitrogens is 1. The summed E-state index contributed by atoms with van der Waals surface area (Å²) in [6, 6.07) is 4.44. The molecule has 1 aliphatic heterocycles. The Morgan fingerprint density at radius 2 is 2.00 bits per heavy atom. The highest BCUT2D eigenvalue weighted by Crippen LogP contribution is 2.32. The van der Waals surface area contributed by atoms with E-state index >= 15 is 0 Å². The molecule has 1 aromatic heterocycles. The number of hydrogen-bond acceptors (Lipinski definition) is 8. The van der Waals surface area contributed by atoms with Gasteiger partial charge >= 0.3 is 11.7 Å². The van der Waals surface area contributed by atoms with Gasteiger partial charge < -0.3 is 19.9 Å². The summed E-state index contributed by atoms with van der Waals surface area (Å²) in [6.07, 6.45) is 0.572. The molecule has 0 amide bonds. The number of aromatic nitrogens is 2. The van der Waals surface area contributed by atoms with Gasteiger partial charge in [0, 0.05) is 6.54 Å². The van der Waals surface area contributed by atoms with Crippen molar-refractivity contribution < 1.29 is 23.8 Å². The molecule has 1 aliphatic rings. The number of esters is 1. The molecular weight excluding hydrogens is 358 g/mol.